The zero-order valence-corrected chi connectivity index (χ0v) is 57.6. The Morgan fingerprint density at radius 1 is 0.460 bits per heavy atom. The molecule has 6 aliphatic heterocycles. The zero-order valence-electron chi connectivity index (χ0n) is 57.6. The Labute approximate surface area is 579 Å². The van der Waals surface area contributed by atoms with Crippen molar-refractivity contribution in [3.63, 3.8) is 0 Å². The van der Waals surface area contributed by atoms with E-state index in [1.807, 2.05) is 13.8 Å². The van der Waals surface area contributed by atoms with E-state index < -0.39 is 264 Å². The van der Waals surface area contributed by atoms with Crippen molar-refractivity contribution in [2.75, 3.05) is 39.6 Å². The molecule has 9 fully saturated rings. The molecule has 3 unspecified atom stereocenters. The van der Waals surface area contributed by atoms with Gasteiger partial charge in [0.15, 0.2) is 37.7 Å². The van der Waals surface area contributed by atoms with E-state index in [0.717, 1.165) is 18.4 Å². The fourth-order valence-electron chi connectivity index (χ4n) is 18.4. The maximum atomic E-state index is 12.9. The molecule has 0 aromatic heterocycles. The number of hydrogen-bond donors (Lipinski definition) is 22. The molecular weight excluding hydrogens is 1340 g/mol. The van der Waals surface area contributed by atoms with Crippen LogP contribution in [0.25, 0.3) is 0 Å². The molecule has 0 radical (unpaired) electrons. The Kier molecular flexibility index (Phi) is 25.5. The average Bonchev–Trinajstić information content (AvgIpc) is 1.32. The van der Waals surface area contributed by atoms with Crippen molar-refractivity contribution < 1.29 is 169 Å². The first-order valence-electron chi connectivity index (χ1n) is 35.1. The van der Waals surface area contributed by atoms with Gasteiger partial charge in [0.1, 0.15) is 146 Å². The van der Waals surface area contributed by atoms with E-state index in [9.17, 15) is 112 Å². The predicted molar refractivity (Wildman–Crippen MR) is 333 cm³/mol. The van der Waals surface area contributed by atoms with E-state index in [2.05, 4.69) is 33.8 Å². The number of aliphatic hydroxyl groups excluding tert-OH is 21. The number of rotatable bonds is 23. The third kappa shape index (κ3) is 14.9. The van der Waals surface area contributed by atoms with Gasteiger partial charge in [-0.15, -0.1) is 0 Å². The predicted octanol–water partition coefficient (Wildman–Crippen LogP) is -7.58. The van der Waals surface area contributed by atoms with E-state index in [1.54, 1.807) is 0 Å². The fourth-order valence-corrected chi connectivity index (χ4v) is 18.4. The maximum Gasteiger partial charge on any atom is 0.187 e. The molecule has 10 rings (SSSR count). The first-order valence-corrected chi connectivity index (χ1v) is 35.1. The number of fused-ring (bicyclic) bond motifs is 5. The van der Waals surface area contributed by atoms with Crippen LogP contribution in [0.4, 0.5) is 0 Å². The molecule has 34 nitrogen and oxygen atoms in total. The largest absolute Gasteiger partial charge is 0.394 e. The highest BCUT2D eigenvalue weighted by Crippen LogP contribution is 2.75. The van der Waals surface area contributed by atoms with Crippen LogP contribution in [0, 0.1) is 45.3 Å². The van der Waals surface area contributed by atoms with Crippen LogP contribution in [0.1, 0.15) is 107 Å². The molecule has 0 aromatic rings. The van der Waals surface area contributed by atoms with Crippen molar-refractivity contribution in [2.24, 2.45) is 45.3 Å². The molecule has 10 aliphatic rings. The second-order valence-electron chi connectivity index (χ2n) is 31.6. The summed E-state index contributed by atoms with van der Waals surface area (Å²) in [6, 6.07) is 0. The molecule has 0 aromatic carbocycles. The van der Waals surface area contributed by atoms with E-state index in [4.69, 9.17) is 56.8 Å². The van der Waals surface area contributed by atoms with E-state index >= 15 is 0 Å². The van der Waals surface area contributed by atoms with Gasteiger partial charge in [0.25, 0.3) is 0 Å². The molecule has 100 heavy (non-hydrogen) atoms. The van der Waals surface area contributed by atoms with Crippen molar-refractivity contribution in [1.82, 2.24) is 0 Å². The molecule has 0 bridgehead atoms. The van der Waals surface area contributed by atoms with E-state index in [-0.39, 0.29) is 35.5 Å². The van der Waals surface area contributed by atoms with Crippen LogP contribution < -0.4 is 0 Å². The quantitative estimate of drug-likeness (QED) is 0.0423. The zero-order chi connectivity index (χ0) is 73.5. The molecule has 6 heterocycles. The van der Waals surface area contributed by atoms with Gasteiger partial charge in [0.2, 0.25) is 0 Å². The molecule has 6 saturated heterocycles. The van der Waals surface area contributed by atoms with Crippen LogP contribution >= 0.6 is 0 Å². The molecule has 40 atom stereocenters. The van der Waals surface area contributed by atoms with Gasteiger partial charge in [-0.1, -0.05) is 53.2 Å². The first-order chi connectivity index (χ1) is 46.8. The minimum absolute atomic E-state index is 0.00195. The van der Waals surface area contributed by atoms with Gasteiger partial charge in [0.05, 0.1) is 63.6 Å². The SMILES string of the molecule is C[C@H](CC[C@@H](O[C@@H]1O[C@H](CO[C@@H]2O[C@H](CO[C@@H]3O[C@H](CO)[C@@H](O)[C@H](O)[C@H]3O)[C@@H](O)[C@H](O)[C@H]2O)[C@@H](O)[C@H](O)[C@H]1O[C@H]1O[C@@H](CO)[C@H](O)[C@@H](O)[C@@H]1O)C(C)(C)O)C1CC[C@@]2(C)C3CC=C4C(CC[C@H](O[C@@H]5O[C@H](CO[C@H]6O[C@H](CO)[C@@H](O)[C@H](O)[C@H]6O)[C@@H](O)[C@H](O)[C@H]5O)C4(C)C)[C@]3(C)[C@H](O)C[C@]12C. The van der Waals surface area contributed by atoms with Gasteiger partial charge >= 0.3 is 0 Å². The minimum Gasteiger partial charge on any atom is -0.394 e. The molecule has 3 saturated carbocycles. The summed E-state index contributed by atoms with van der Waals surface area (Å²) in [6.07, 6.45) is -47.9. The van der Waals surface area contributed by atoms with Crippen LogP contribution in [0.15, 0.2) is 11.6 Å². The van der Waals surface area contributed by atoms with Crippen molar-refractivity contribution >= 4 is 0 Å². The van der Waals surface area contributed by atoms with Crippen LogP contribution in [0.5, 0.6) is 0 Å². The normalized spacial score (nSPS) is 52.1. The van der Waals surface area contributed by atoms with Crippen LogP contribution in [-0.2, 0) is 56.8 Å². The van der Waals surface area contributed by atoms with Gasteiger partial charge < -0.3 is 169 Å². The smallest absolute Gasteiger partial charge is 0.187 e. The lowest BCUT2D eigenvalue weighted by atomic mass is 9.38. The lowest BCUT2D eigenvalue weighted by molar-refractivity contribution is -0.380. The highest BCUT2D eigenvalue weighted by atomic mass is 16.8. The Balaban J connectivity index is 0.815. The summed E-state index contributed by atoms with van der Waals surface area (Å²) in [5.74, 6) is -0.169. The fraction of sp³-hybridized carbons (Fsp3) is 0.970. The third-order valence-corrected chi connectivity index (χ3v) is 25.0. The molecule has 4 aliphatic carbocycles. The monoisotopic (exact) mass is 1450 g/mol. The lowest BCUT2D eigenvalue weighted by Gasteiger charge is -2.67. The van der Waals surface area contributed by atoms with Gasteiger partial charge in [-0.3, -0.25) is 0 Å². The van der Waals surface area contributed by atoms with E-state index in [0.29, 0.717) is 32.1 Å². The molecule has 0 amide bonds. The molecular formula is C66H112O34. The second kappa shape index (κ2) is 31.5. The maximum absolute atomic E-state index is 12.9. The second-order valence-corrected chi connectivity index (χ2v) is 31.6. The highest BCUT2D eigenvalue weighted by Gasteiger charge is 2.71. The Morgan fingerprint density at radius 3 is 1.30 bits per heavy atom. The Hall–Kier alpha value is -1.62. The topological polar surface area (TPSA) is 556 Å². The molecule has 22 N–H and O–H groups in total. The number of hydrogen-bond acceptors (Lipinski definition) is 34. The van der Waals surface area contributed by atoms with Crippen molar-refractivity contribution in [3.8, 4) is 0 Å². The lowest BCUT2D eigenvalue weighted by Crippen LogP contribution is -2.65. The standard InChI is InChI=1S/C66H112O34/c1-24(25-15-16-64(6)34-12-10-26-27(66(34,8)35(70)17-65(25,64)7)11-14-36(62(26,2)3)98-59-53(86)48(81)42(75)32(96-59)22-90-57-51(84)45(78)39(72)29(19-68)93-57)9-13-37(63(4,5)88)99-61-55(100-60-54(87)46(79)40(73)30(20-69)94-60)49(82)43(76)33(97-61)23-91-58-52(85)47(80)41(74)31(95-58)21-89-56-50(83)44(77)38(71)28(18-67)92-56/h10,24-25,27-61,67-88H,9,11-23H2,1-8H3/t24-,25?,27?,28-,29-,30+,31-,32-,33-,34?,35-,36+,37-,38-,39-,40+,41-,42-,43-,44+,45+,46-,47+,48+,49+,50-,51-,52-,53-,54+,55-,56-,57+,58-,59+,60-,61+,64+,65-,66+/m1/s1. The number of ether oxygens (including phenoxy) is 12. The van der Waals surface area contributed by atoms with Crippen molar-refractivity contribution in [2.45, 2.75) is 315 Å². The Bertz CT molecular complexity index is 2670. The minimum atomic E-state index is -2.04. The summed E-state index contributed by atoms with van der Waals surface area (Å²) >= 11 is 0. The summed E-state index contributed by atoms with van der Waals surface area (Å²) in [5.41, 5.74) is -2.71. The van der Waals surface area contributed by atoms with Crippen molar-refractivity contribution in [1.29, 1.82) is 0 Å². The van der Waals surface area contributed by atoms with Gasteiger partial charge in [-0.2, -0.15) is 0 Å². The van der Waals surface area contributed by atoms with Crippen molar-refractivity contribution in [3.05, 3.63) is 11.6 Å². The first kappa shape index (κ1) is 80.9. The van der Waals surface area contributed by atoms with Crippen LogP contribution in [0.3, 0.4) is 0 Å². The summed E-state index contributed by atoms with van der Waals surface area (Å²) in [6.45, 7) is 11.5. The summed E-state index contributed by atoms with van der Waals surface area (Å²) in [4.78, 5) is 0. The van der Waals surface area contributed by atoms with Crippen LogP contribution in [-0.4, -0.2) is 360 Å². The van der Waals surface area contributed by atoms with Crippen LogP contribution in [0.2, 0.25) is 0 Å². The number of aliphatic hydroxyl groups is 22. The highest BCUT2D eigenvalue weighted by molar-refractivity contribution is 5.32. The average molecular weight is 1450 g/mol. The number of allylic oxidation sites excluding steroid dienone is 1. The summed E-state index contributed by atoms with van der Waals surface area (Å²) < 4.78 is 70.9. The summed E-state index contributed by atoms with van der Waals surface area (Å²) in [7, 11) is 0. The Morgan fingerprint density at radius 2 is 0.850 bits per heavy atom. The van der Waals surface area contributed by atoms with Gasteiger partial charge in [-0.25, -0.2) is 0 Å². The third-order valence-electron chi connectivity index (χ3n) is 25.0. The van der Waals surface area contributed by atoms with E-state index in [1.165, 1.54) is 13.8 Å². The van der Waals surface area contributed by atoms with Gasteiger partial charge in [0, 0.05) is 10.8 Å². The summed E-state index contributed by atoms with van der Waals surface area (Å²) in [5, 5.41) is 239. The molecule has 580 valence electrons. The van der Waals surface area contributed by atoms with Gasteiger partial charge in [-0.05, 0) is 99.7 Å². The molecule has 34 heteroatoms. The molecule has 0 spiro atoms.